The first-order valence-electron chi connectivity index (χ1n) is 10.2. The summed E-state index contributed by atoms with van der Waals surface area (Å²) in [6.07, 6.45) is 4.22. The molecule has 3 aromatic heterocycles. The molecule has 0 saturated heterocycles. The van der Waals surface area contributed by atoms with Crippen LogP contribution in [0.5, 0.6) is 0 Å². The van der Waals surface area contributed by atoms with Gasteiger partial charge in [0.2, 0.25) is 0 Å². The molecule has 0 unspecified atom stereocenters. The second-order valence-electron chi connectivity index (χ2n) is 7.75. The van der Waals surface area contributed by atoms with Gasteiger partial charge in [0.05, 0.1) is 16.3 Å². The van der Waals surface area contributed by atoms with Crippen molar-refractivity contribution in [3.63, 3.8) is 0 Å². The number of hydrogen-bond acceptors (Lipinski definition) is 5. The van der Waals surface area contributed by atoms with Gasteiger partial charge in [0.25, 0.3) is 17.7 Å². The lowest BCUT2D eigenvalue weighted by Gasteiger charge is -2.10. The predicted octanol–water partition coefficient (Wildman–Crippen LogP) is 2.61. The summed E-state index contributed by atoms with van der Waals surface area (Å²) in [6, 6.07) is 6.80. The molecule has 3 amide bonds. The first-order valence-corrected chi connectivity index (χ1v) is 11.0. The standard InChI is InChI=1S/C22H28N6O3S/c1-26(2)9-6-8-23-20(29)17-11-15(13-27(17)3)24-21(30)18-12-16(14-28(18)4)25-22(31)19-7-5-10-32-19/h5,7,10-14H,6,8-9H2,1-4H3,(H,23,29)(H,24,30)(H,25,31). The highest BCUT2D eigenvalue weighted by Gasteiger charge is 2.17. The van der Waals surface area contributed by atoms with Gasteiger partial charge < -0.3 is 30.0 Å². The van der Waals surface area contributed by atoms with Crippen molar-refractivity contribution in [1.82, 2.24) is 19.4 Å². The van der Waals surface area contributed by atoms with Crippen molar-refractivity contribution in [1.29, 1.82) is 0 Å². The van der Waals surface area contributed by atoms with E-state index in [-0.39, 0.29) is 17.7 Å². The summed E-state index contributed by atoms with van der Waals surface area (Å²) in [5.41, 5.74) is 1.88. The third-order valence-corrected chi connectivity index (χ3v) is 5.67. The van der Waals surface area contributed by atoms with E-state index in [0.717, 1.165) is 13.0 Å². The third-order valence-electron chi connectivity index (χ3n) is 4.80. The highest BCUT2D eigenvalue weighted by Crippen LogP contribution is 2.19. The third kappa shape index (κ3) is 5.86. The van der Waals surface area contributed by atoms with Crippen LogP contribution in [0.1, 0.15) is 37.1 Å². The first-order chi connectivity index (χ1) is 15.2. The van der Waals surface area contributed by atoms with Crippen molar-refractivity contribution in [3.8, 4) is 0 Å². The highest BCUT2D eigenvalue weighted by atomic mass is 32.1. The zero-order valence-electron chi connectivity index (χ0n) is 18.6. The molecule has 9 nitrogen and oxygen atoms in total. The summed E-state index contributed by atoms with van der Waals surface area (Å²) in [6.45, 7) is 1.47. The molecule has 3 aromatic rings. The van der Waals surface area contributed by atoms with Crippen LogP contribution in [0.3, 0.4) is 0 Å². The number of carbonyl (C=O) groups excluding carboxylic acids is 3. The van der Waals surface area contributed by atoms with Gasteiger partial charge in [-0.25, -0.2) is 0 Å². The molecule has 10 heteroatoms. The molecule has 0 aliphatic rings. The van der Waals surface area contributed by atoms with Crippen molar-refractivity contribution in [2.24, 2.45) is 14.1 Å². The van der Waals surface area contributed by atoms with E-state index in [9.17, 15) is 14.4 Å². The number of aromatic nitrogens is 2. The zero-order valence-corrected chi connectivity index (χ0v) is 19.5. The SMILES string of the molecule is CN(C)CCCNC(=O)c1cc(NC(=O)c2cc(NC(=O)c3cccs3)cn2C)cn1C. The Labute approximate surface area is 191 Å². The molecule has 0 bridgehead atoms. The minimum Gasteiger partial charge on any atom is -0.351 e. The normalized spacial score (nSPS) is 10.9. The summed E-state index contributed by atoms with van der Waals surface area (Å²) >= 11 is 1.35. The smallest absolute Gasteiger partial charge is 0.272 e. The first kappa shape index (κ1) is 23.3. The van der Waals surface area contributed by atoms with E-state index >= 15 is 0 Å². The lowest BCUT2D eigenvalue weighted by Crippen LogP contribution is -2.28. The molecule has 3 N–H and O–H groups in total. The number of thiophene rings is 1. The molecule has 0 aliphatic carbocycles. The van der Waals surface area contributed by atoms with Gasteiger partial charge in [-0.1, -0.05) is 6.07 Å². The van der Waals surface area contributed by atoms with Gasteiger partial charge in [-0.2, -0.15) is 0 Å². The Bertz CT molecular complexity index is 1100. The Kier molecular flexibility index (Phi) is 7.49. The molecule has 170 valence electrons. The van der Waals surface area contributed by atoms with Crippen LogP contribution in [-0.4, -0.2) is 58.9 Å². The Morgan fingerprint density at radius 2 is 1.53 bits per heavy atom. The summed E-state index contributed by atoms with van der Waals surface area (Å²) in [5, 5.41) is 10.3. The molecule has 0 atom stereocenters. The maximum Gasteiger partial charge on any atom is 0.272 e. The summed E-state index contributed by atoms with van der Waals surface area (Å²) < 4.78 is 3.31. The Morgan fingerprint density at radius 3 is 2.09 bits per heavy atom. The maximum atomic E-state index is 12.8. The van der Waals surface area contributed by atoms with Gasteiger partial charge >= 0.3 is 0 Å². The van der Waals surface area contributed by atoms with Crippen molar-refractivity contribution in [2.75, 3.05) is 37.8 Å². The number of amides is 3. The molecule has 0 spiro atoms. The lowest BCUT2D eigenvalue weighted by molar-refractivity contribution is 0.0942. The largest absolute Gasteiger partial charge is 0.351 e. The van der Waals surface area contributed by atoms with E-state index in [0.29, 0.717) is 34.2 Å². The molecule has 3 rings (SSSR count). The second kappa shape index (κ2) is 10.3. The number of carbonyl (C=O) groups is 3. The van der Waals surface area contributed by atoms with Crippen LogP contribution in [0.25, 0.3) is 0 Å². The van der Waals surface area contributed by atoms with E-state index in [1.54, 1.807) is 53.8 Å². The van der Waals surface area contributed by atoms with Crippen LogP contribution in [0, 0.1) is 0 Å². The fourth-order valence-corrected chi connectivity index (χ4v) is 3.82. The second-order valence-corrected chi connectivity index (χ2v) is 8.70. The molecule has 3 heterocycles. The molecule has 32 heavy (non-hydrogen) atoms. The minimum atomic E-state index is -0.340. The molecule has 0 aromatic carbocycles. The number of anilines is 2. The molecule has 0 radical (unpaired) electrons. The van der Waals surface area contributed by atoms with Crippen molar-refractivity contribution in [2.45, 2.75) is 6.42 Å². The monoisotopic (exact) mass is 456 g/mol. The number of aryl methyl sites for hydroxylation is 2. The van der Waals surface area contributed by atoms with E-state index in [1.807, 2.05) is 25.5 Å². The summed E-state index contributed by atoms with van der Waals surface area (Å²) in [7, 11) is 7.46. The van der Waals surface area contributed by atoms with Gasteiger partial charge in [-0.15, -0.1) is 11.3 Å². The molecule has 0 aliphatic heterocycles. The van der Waals surface area contributed by atoms with Gasteiger partial charge in [0.15, 0.2) is 0 Å². The predicted molar refractivity (Wildman–Crippen MR) is 127 cm³/mol. The number of nitrogens with one attached hydrogen (secondary N) is 3. The molecule has 0 fully saturated rings. The van der Waals surface area contributed by atoms with Crippen molar-refractivity contribution < 1.29 is 14.4 Å². The minimum absolute atomic E-state index is 0.191. The van der Waals surface area contributed by atoms with Gasteiger partial charge in [-0.05, 0) is 50.6 Å². The van der Waals surface area contributed by atoms with Crippen LogP contribution < -0.4 is 16.0 Å². The fraction of sp³-hybridized carbons (Fsp3) is 0.318. The lowest BCUT2D eigenvalue weighted by atomic mass is 10.3. The summed E-state index contributed by atoms with van der Waals surface area (Å²) in [4.78, 5) is 40.1. The Hall–Kier alpha value is -3.37. The molecular formula is C22H28N6O3S. The number of rotatable bonds is 9. The van der Waals surface area contributed by atoms with E-state index < -0.39 is 0 Å². The summed E-state index contributed by atoms with van der Waals surface area (Å²) in [5.74, 6) is -0.751. The highest BCUT2D eigenvalue weighted by molar-refractivity contribution is 7.12. The zero-order chi connectivity index (χ0) is 23.3. The quantitative estimate of drug-likeness (QED) is 0.431. The Balaban J connectivity index is 1.61. The number of hydrogen-bond donors (Lipinski definition) is 3. The van der Waals surface area contributed by atoms with Crippen LogP contribution in [-0.2, 0) is 14.1 Å². The average molecular weight is 457 g/mol. The average Bonchev–Trinajstić information content (AvgIpc) is 3.45. The van der Waals surface area contributed by atoms with Gasteiger partial charge in [-0.3, -0.25) is 14.4 Å². The van der Waals surface area contributed by atoms with E-state index in [4.69, 9.17) is 0 Å². The Morgan fingerprint density at radius 1 is 0.938 bits per heavy atom. The topological polar surface area (TPSA) is 100 Å². The fourth-order valence-electron chi connectivity index (χ4n) is 3.20. The van der Waals surface area contributed by atoms with Crippen LogP contribution >= 0.6 is 11.3 Å². The van der Waals surface area contributed by atoms with Crippen molar-refractivity contribution in [3.05, 3.63) is 58.3 Å². The van der Waals surface area contributed by atoms with E-state index in [2.05, 4.69) is 20.9 Å². The van der Waals surface area contributed by atoms with E-state index in [1.165, 1.54) is 11.3 Å². The maximum absolute atomic E-state index is 12.8. The van der Waals surface area contributed by atoms with Crippen LogP contribution in [0.15, 0.2) is 42.0 Å². The number of nitrogens with zero attached hydrogens (tertiary/aromatic N) is 3. The van der Waals surface area contributed by atoms with Gasteiger partial charge in [0.1, 0.15) is 11.4 Å². The van der Waals surface area contributed by atoms with Crippen LogP contribution in [0.2, 0.25) is 0 Å². The molecule has 0 saturated carbocycles. The van der Waals surface area contributed by atoms with Crippen LogP contribution in [0.4, 0.5) is 11.4 Å². The molecular weight excluding hydrogens is 428 g/mol. The van der Waals surface area contributed by atoms with Gasteiger partial charge in [0, 0.05) is 33.0 Å². The van der Waals surface area contributed by atoms with Crippen molar-refractivity contribution >= 4 is 40.4 Å².